The zero-order valence-electron chi connectivity index (χ0n) is 12.1. The Morgan fingerprint density at radius 3 is 2.22 bits per heavy atom. The van der Waals surface area contributed by atoms with E-state index in [0.717, 1.165) is 24.4 Å². The quantitative estimate of drug-likeness (QED) is 0.787. The minimum atomic E-state index is 0.0247. The molecule has 0 aliphatic carbocycles. The molecule has 0 bridgehead atoms. The molecule has 0 fully saturated rings. The highest BCUT2D eigenvalue weighted by atomic mass is 16.3. The first-order valence-electron chi connectivity index (χ1n) is 6.76. The third kappa shape index (κ3) is 2.12. The molecule has 1 heterocycles. The summed E-state index contributed by atoms with van der Waals surface area (Å²) >= 11 is 0. The van der Waals surface area contributed by atoms with Gasteiger partial charge in [0.05, 0.1) is 5.69 Å². The first kappa shape index (κ1) is 13.0. The molecule has 0 spiro atoms. The van der Waals surface area contributed by atoms with Gasteiger partial charge in [-0.05, 0) is 26.0 Å². The molecule has 1 aromatic heterocycles. The maximum absolute atomic E-state index is 6.11. The van der Waals surface area contributed by atoms with Gasteiger partial charge < -0.3 is 9.32 Å². The summed E-state index contributed by atoms with van der Waals surface area (Å²) in [5.41, 5.74) is 2.28. The first-order valence-corrected chi connectivity index (χ1v) is 6.76. The topological polar surface area (TPSA) is 16.4 Å². The van der Waals surface area contributed by atoms with Gasteiger partial charge in [0.15, 0.2) is 0 Å². The monoisotopic (exact) mass is 245 g/mol. The number of rotatable bonds is 3. The fraction of sp³-hybridized carbons (Fsp3) is 0.500. The molecule has 0 aliphatic heterocycles. The van der Waals surface area contributed by atoms with E-state index in [0.29, 0.717) is 0 Å². The van der Waals surface area contributed by atoms with Gasteiger partial charge in [-0.25, -0.2) is 0 Å². The Hall–Kier alpha value is -1.44. The zero-order valence-corrected chi connectivity index (χ0v) is 12.1. The minimum Gasteiger partial charge on any atom is -0.458 e. The average Bonchev–Trinajstić information content (AvgIpc) is 2.71. The van der Waals surface area contributed by atoms with Crippen LogP contribution in [0.25, 0.3) is 11.0 Å². The van der Waals surface area contributed by atoms with E-state index >= 15 is 0 Å². The molecular weight excluding hydrogens is 222 g/mol. The second-order valence-electron chi connectivity index (χ2n) is 5.70. The predicted molar refractivity (Wildman–Crippen MR) is 78.5 cm³/mol. The van der Waals surface area contributed by atoms with Gasteiger partial charge in [-0.1, -0.05) is 32.9 Å². The van der Waals surface area contributed by atoms with E-state index < -0.39 is 0 Å². The highest BCUT2D eigenvalue weighted by Crippen LogP contribution is 2.40. The highest BCUT2D eigenvalue weighted by molar-refractivity contribution is 5.93. The van der Waals surface area contributed by atoms with E-state index in [2.05, 4.69) is 57.7 Å². The van der Waals surface area contributed by atoms with Gasteiger partial charge in [-0.15, -0.1) is 0 Å². The van der Waals surface area contributed by atoms with Crippen LogP contribution in [0.2, 0.25) is 0 Å². The normalized spacial score (nSPS) is 12.1. The largest absolute Gasteiger partial charge is 0.458 e. The van der Waals surface area contributed by atoms with Crippen LogP contribution in [0.3, 0.4) is 0 Å². The lowest BCUT2D eigenvalue weighted by Gasteiger charge is -2.25. The number of hydrogen-bond acceptors (Lipinski definition) is 2. The molecule has 0 aliphatic rings. The van der Waals surface area contributed by atoms with Crippen LogP contribution < -0.4 is 4.90 Å². The molecule has 0 amide bonds. The van der Waals surface area contributed by atoms with Crippen molar-refractivity contribution in [2.75, 3.05) is 18.0 Å². The van der Waals surface area contributed by atoms with Gasteiger partial charge in [0, 0.05) is 23.9 Å². The molecule has 0 radical (unpaired) electrons. The average molecular weight is 245 g/mol. The van der Waals surface area contributed by atoms with Crippen LogP contribution in [0.5, 0.6) is 0 Å². The summed E-state index contributed by atoms with van der Waals surface area (Å²) in [5, 5.41) is 1.23. The summed E-state index contributed by atoms with van der Waals surface area (Å²) in [6.45, 7) is 13.0. The zero-order chi connectivity index (χ0) is 13.3. The number of para-hydroxylation sites is 1. The van der Waals surface area contributed by atoms with Gasteiger partial charge in [0.25, 0.3) is 0 Å². The van der Waals surface area contributed by atoms with Crippen molar-refractivity contribution < 1.29 is 4.42 Å². The van der Waals surface area contributed by atoms with Crippen LogP contribution >= 0.6 is 0 Å². The SMILES string of the molecule is CCN(CC)c1c(C(C)(C)C)oc2ccccc12. The number of furan rings is 1. The van der Waals surface area contributed by atoms with E-state index in [1.807, 2.05) is 6.07 Å². The van der Waals surface area contributed by atoms with E-state index in [1.54, 1.807) is 0 Å². The molecule has 2 nitrogen and oxygen atoms in total. The molecular formula is C16H23NO. The van der Waals surface area contributed by atoms with Crippen LogP contribution in [0.15, 0.2) is 28.7 Å². The standard InChI is InChI=1S/C16H23NO/c1-6-17(7-2)14-12-10-8-9-11-13(12)18-15(14)16(3,4)5/h8-11H,6-7H2,1-5H3. The third-order valence-corrected chi connectivity index (χ3v) is 3.33. The molecule has 1 aromatic carbocycles. The van der Waals surface area contributed by atoms with Gasteiger partial charge in [-0.3, -0.25) is 0 Å². The Kier molecular flexibility index (Phi) is 3.38. The molecule has 0 saturated carbocycles. The lowest BCUT2D eigenvalue weighted by molar-refractivity contribution is 0.429. The van der Waals surface area contributed by atoms with E-state index in [1.165, 1.54) is 11.1 Å². The van der Waals surface area contributed by atoms with Crippen molar-refractivity contribution in [1.29, 1.82) is 0 Å². The maximum atomic E-state index is 6.11. The van der Waals surface area contributed by atoms with Crippen LogP contribution in [-0.2, 0) is 5.41 Å². The van der Waals surface area contributed by atoms with Crippen LogP contribution in [0, 0.1) is 0 Å². The summed E-state index contributed by atoms with van der Waals surface area (Å²) in [4.78, 5) is 2.38. The fourth-order valence-electron chi connectivity index (χ4n) is 2.39. The second-order valence-corrected chi connectivity index (χ2v) is 5.70. The summed E-state index contributed by atoms with van der Waals surface area (Å²) in [6, 6.07) is 8.32. The molecule has 18 heavy (non-hydrogen) atoms. The van der Waals surface area contributed by atoms with Gasteiger partial charge >= 0.3 is 0 Å². The van der Waals surface area contributed by atoms with Crippen molar-refractivity contribution in [3.63, 3.8) is 0 Å². The Labute approximate surface area is 110 Å². The van der Waals surface area contributed by atoms with E-state index in [4.69, 9.17) is 4.42 Å². The summed E-state index contributed by atoms with van der Waals surface area (Å²) in [6.07, 6.45) is 0. The summed E-state index contributed by atoms with van der Waals surface area (Å²) in [7, 11) is 0. The van der Waals surface area contributed by atoms with Crippen molar-refractivity contribution in [2.45, 2.75) is 40.0 Å². The van der Waals surface area contributed by atoms with Crippen LogP contribution in [-0.4, -0.2) is 13.1 Å². The Bertz CT molecular complexity index is 530. The predicted octanol–water partition coefficient (Wildman–Crippen LogP) is 4.58. The van der Waals surface area contributed by atoms with Crippen molar-refractivity contribution in [3.05, 3.63) is 30.0 Å². The molecule has 0 unspecified atom stereocenters. The fourth-order valence-corrected chi connectivity index (χ4v) is 2.39. The molecule has 2 aromatic rings. The highest BCUT2D eigenvalue weighted by Gasteiger charge is 2.27. The first-order chi connectivity index (χ1) is 8.49. The van der Waals surface area contributed by atoms with E-state index in [9.17, 15) is 0 Å². The third-order valence-electron chi connectivity index (χ3n) is 3.33. The Morgan fingerprint density at radius 1 is 1.06 bits per heavy atom. The minimum absolute atomic E-state index is 0.0247. The second kappa shape index (κ2) is 4.68. The summed E-state index contributed by atoms with van der Waals surface area (Å²) < 4.78 is 6.11. The molecule has 2 heteroatoms. The number of benzene rings is 1. The Balaban J connectivity index is 2.73. The molecule has 0 N–H and O–H groups in total. The molecule has 2 rings (SSSR count). The van der Waals surface area contributed by atoms with Gasteiger partial charge in [-0.2, -0.15) is 0 Å². The maximum Gasteiger partial charge on any atom is 0.136 e. The smallest absolute Gasteiger partial charge is 0.136 e. The summed E-state index contributed by atoms with van der Waals surface area (Å²) in [5.74, 6) is 1.09. The van der Waals surface area contributed by atoms with E-state index in [-0.39, 0.29) is 5.41 Å². The van der Waals surface area contributed by atoms with Crippen molar-refractivity contribution in [2.24, 2.45) is 0 Å². The van der Waals surface area contributed by atoms with Crippen LogP contribution in [0.1, 0.15) is 40.4 Å². The molecule has 0 atom stereocenters. The number of fused-ring (bicyclic) bond motifs is 1. The lowest BCUT2D eigenvalue weighted by Crippen LogP contribution is -2.25. The van der Waals surface area contributed by atoms with Gasteiger partial charge in [0.2, 0.25) is 0 Å². The van der Waals surface area contributed by atoms with Gasteiger partial charge in [0.1, 0.15) is 11.3 Å². The number of anilines is 1. The number of nitrogens with zero attached hydrogens (tertiary/aromatic N) is 1. The van der Waals surface area contributed by atoms with Crippen molar-refractivity contribution >= 4 is 16.7 Å². The Morgan fingerprint density at radius 2 is 1.67 bits per heavy atom. The molecule has 98 valence electrons. The van der Waals surface area contributed by atoms with Crippen molar-refractivity contribution in [3.8, 4) is 0 Å². The lowest BCUT2D eigenvalue weighted by atomic mass is 9.91. The number of hydrogen-bond donors (Lipinski definition) is 0. The van der Waals surface area contributed by atoms with Crippen LogP contribution in [0.4, 0.5) is 5.69 Å². The molecule has 0 saturated heterocycles. The van der Waals surface area contributed by atoms with Crippen molar-refractivity contribution in [1.82, 2.24) is 0 Å².